The smallest absolute Gasteiger partial charge is 0.410 e. The first-order chi connectivity index (χ1) is 19.6. The molecule has 4 heterocycles. The van der Waals surface area contributed by atoms with Gasteiger partial charge in [0.05, 0.1) is 10.2 Å². The Hall–Kier alpha value is -1.52. The molecule has 1 amide bonds. The maximum Gasteiger partial charge on any atom is 0.410 e. The van der Waals surface area contributed by atoms with E-state index in [1.165, 1.54) is 6.26 Å². The van der Waals surface area contributed by atoms with E-state index < -0.39 is 21.3 Å². The lowest BCUT2D eigenvalue weighted by Gasteiger charge is -2.53. The van der Waals surface area contributed by atoms with E-state index in [1.807, 2.05) is 26.8 Å². The largest absolute Gasteiger partial charge is 0.460 e. The monoisotopic (exact) mass is 781 g/mol. The number of fused-ring (bicyclic) bond motifs is 1. The Labute approximate surface area is 268 Å². The molecular weight excluding hydrogens is 744 g/mol. The molecule has 3 aliphatic heterocycles. The minimum atomic E-state index is -3.01. The van der Waals surface area contributed by atoms with Crippen LogP contribution in [0.3, 0.4) is 0 Å². The Morgan fingerprint density at radius 3 is 2.40 bits per heavy atom. The molecule has 3 aliphatic rings. The van der Waals surface area contributed by atoms with Crippen molar-refractivity contribution < 1.29 is 27.1 Å². The number of likely N-dealkylation sites (tertiary alicyclic amines) is 2. The lowest BCUT2D eigenvalue weighted by molar-refractivity contribution is -0.0434. The van der Waals surface area contributed by atoms with Gasteiger partial charge in [-0.15, -0.1) is 0 Å². The van der Waals surface area contributed by atoms with E-state index in [9.17, 15) is 13.2 Å². The molecule has 14 heteroatoms. The first-order valence-corrected chi connectivity index (χ1v) is 18.2. The van der Waals surface area contributed by atoms with Gasteiger partial charge in [-0.05, 0) is 91.0 Å². The fourth-order valence-corrected chi connectivity index (χ4v) is 7.29. The van der Waals surface area contributed by atoms with E-state index in [-0.39, 0.29) is 34.9 Å². The summed E-state index contributed by atoms with van der Waals surface area (Å²) >= 11 is 5.46. The van der Waals surface area contributed by atoms with E-state index in [0.29, 0.717) is 61.2 Å². The van der Waals surface area contributed by atoms with Crippen LogP contribution in [0.25, 0.3) is 10.9 Å². The van der Waals surface area contributed by atoms with Gasteiger partial charge in [-0.3, -0.25) is 0 Å². The molecular formula is C28H38BrFIN5O5S. The molecule has 1 spiro atoms. The molecule has 0 unspecified atom stereocenters. The quantitative estimate of drug-likeness (QED) is 0.300. The molecule has 0 bridgehead atoms. The number of benzene rings is 1. The Bertz CT molecular complexity index is 1450. The normalized spacial score (nSPS) is 20.2. The predicted molar refractivity (Wildman–Crippen MR) is 171 cm³/mol. The van der Waals surface area contributed by atoms with Gasteiger partial charge in [-0.25, -0.2) is 17.6 Å². The summed E-state index contributed by atoms with van der Waals surface area (Å²) in [6.07, 6.45) is 4.03. The molecule has 0 radical (unpaired) electrons. The van der Waals surface area contributed by atoms with Gasteiger partial charge in [0.25, 0.3) is 0 Å². The zero-order valence-corrected chi connectivity index (χ0v) is 29.0. The second-order valence-electron chi connectivity index (χ2n) is 12.8. The molecule has 1 aromatic carbocycles. The highest BCUT2D eigenvalue weighted by Gasteiger charge is 2.48. The first-order valence-electron chi connectivity index (χ1n) is 14.3. The van der Waals surface area contributed by atoms with Crippen LogP contribution in [0, 0.1) is 14.8 Å². The summed E-state index contributed by atoms with van der Waals surface area (Å²) in [7, 11) is -3.01. The van der Waals surface area contributed by atoms with Crippen molar-refractivity contribution in [1.82, 2.24) is 19.8 Å². The van der Waals surface area contributed by atoms with Gasteiger partial charge in [0.1, 0.15) is 32.9 Å². The average Bonchev–Trinajstić information content (AvgIpc) is 2.89. The number of aromatic nitrogens is 2. The fraction of sp³-hybridized carbons (Fsp3) is 0.679. The molecule has 42 heavy (non-hydrogen) atoms. The number of ether oxygens (including phenoxy) is 2. The van der Waals surface area contributed by atoms with Crippen LogP contribution in [0.15, 0.2) is 10.5 Å². The number of hydrogen-bond acceptors (Lipinski definition) is 9. The Kier molecular flexibility index (Phi) is 9.19. The molecule has 3 fully saturated rings. The maximum atomic E-state index is 15.5. The van der Waals surface area contributed by atoms with Crippen molar-refractivity contribution in [2.45, 2.75) is 58.2 Å². The summed E-state index contributed by atoms with van der Waals surface area (Å²) in [5, 5.41) is 0.642. The number of anilines is 1. The number of carbonyl (C=O) groups excluding carboxylic acids is 1. The van der Waals surface area contributed by atoms with Crippen molar-refractivity contribution in [2.75, 3.05) is 62.7 Å². The van der Waals surface area contributed by atoms with E-state index >= 15 is 4.39 Å². The second kappa shape index (κ2) is 12.1. The Morgan fingerprint density at radius 2 is 1.81 bits per heavy atom. The van der Waals surface area contributed by atoms with Crippen molar-refractivity contribution in [3.8, 4) is 6.01 Å². The van der Waals surface area contributed by atoms with Crippen LogP contribution in [0.4, 0.5) is 15.0 Å². The van der Waals surface area contributed by atoms with Crippen molar-refractivity contribution in [2.24, 2.45) is 5.41 Å². The van der Waals surface area contributed by atoms with Gasteiger partial charge in [0.15, 0.2) is 5.82 Å². The highest BCUT2D eigenvalue weighted by atomic mass is 127. The molecule has 0 aliphatic carbocycles. The summed E-state index contributed by atoms with van der Waals surface area (Å²) in [5.41, 5.74) is -0.245. The van der Waals surface area contributed by atoms with Crippen molar-refractivity contribution in [3.63, 3.8) is 0 Å². The number of sulfone groups is 1. The summed E-state index contributed by atoms with van der Waals surface area (Å²) < 4.78 is 51.4. The van der Waals surface area contributed by atoms with Crippen LogP contribution in [0.2, 0.25) is 0 Å². The molecule has 232 valence electrons. The predicted octanol–water partition coefficient (Wildman–Crippen LogP) is 4.86. The lowest BCUT2D eigenvalue weighted by atomic mass is 9.72. The third kappa shape index (κ3) is 7.40. The Morgan fingerprint density at radius 1 is 1.17 bits per heavy atom. The molecule has 2 aromatic rings. The van der Waals surface area contributed by atoms with E-state index in [4.69, 9.17) is 14.5 Å². The van der Waals surface area contributed by atoms with Crippen LogP contribution >= 0.6 is 38.5 Å². The first kappa shape index (κ1) is 31.9. The summed E-state index contributed by atoms with van der Waals surface area (Å²) in [5.74, 6) is 0.350. The van der Waals surface area contributed by atoms with Crippen LogP contribution in [-0.4, -0.2) is 104 Å². The standard InChI is InChI=1S/C28H38BrFIN5O5S/c1-27(2,3)41-26(37)36-16-28(17-36)7-11-35(12-8-28)24-19-15-20(31)21(29)22(30)23(19)32-25(33-24)40-18-5-9-34(10-6-18)13-14-42(4,38)39/h15,18H,5-14,16-17H2,1-4H3. The number of halogens is 3. The van der Waals surface area contributed by atoms with Gasteiger partial charge < -0.3 is 24.2 Å². The van der Waals surface area contributed by atoms with Crippen molar-refractivity contribution in [1.29, 1.82) is 0 Å². The fourth-order valence-electron chi connectivity index (χ4n) is 5.85. The number of amides is 1. The zero-order chi connectivity index (χ0) is 30.4. The number of nitrogens with zero attached hydrogens (tertiary/aromatic N) is 5. The number of rotatable bonds is 6. The molecule has 0 atom stereocenters. The maximum absolute atomic E-state index is 15.5. The molecule has 5 rings (SSSR count). The number of carbonyl (C=O) groups is 1. The minimum Gasteiger partial charge on any atom is -0.460 e. The molecule has 0 saturated carbocycles. The average molecular weight is 783 g/mol. The van der Waals surface area contributed by atoms with Crippen LogP contribution in [0.5, 0.6) is 6.01 Å². The number of hydrogen-bond donors (Lipinski definition) is 0. The van der Waals surface area contributed by atoms with E-state index in [0.717, 1.165) is 29.5 Å². The van der Waals surface area contributed by atoms with Gasteiger partial charge >= 0.3 is 12.1 Å². The summed E-state index contributed by atoms with van der Waals surface area (Å²) in [4.78, 5) is 27.9. The zero-order valence-electron chi connectivity index (χ0n) is 24.5. The van der Waals surface area contributed by atoms with Crippen LogP contribution in [-0.2, 0) is 14.6 Å². The van der Waals surface area contributed by atoms with Crippen LogP contribution in [0.1, 0.15) is 46.5 Å². The van der Waals surface area contributed by atoms with Crippen molar-refractivity contribution >= 4 is 71.2 Å². The number of piperidine rings is 2. The van der Waals surface area contributed by atoms with Crippen molar-refractivity contribution in [3.05, 3.63) is 19.9 Å². The third-order valence-electron chi connectivity index (χ3n) is 8.20. The Balaban J connectivity index is 1.29. The highest BCUT2D eigenvalue weighted by molar-refractivity contribution is 14.1. The van der Waals surface area contributed by atoms with Gasteiger partial charge in [-0.1, -0.05) is 0 Å². The summed E-state index contributed by atoms with van der Waals surface area (Å²) in [6.45, 7) is 10.4. The molecule has 3 saturated heterocycles. The van der Waals surface area contributed by atoms with E-state index in [1.54, 1.807) is 4.90 Å². The van der Waals surface area contributed by atoms with Crippen LogP contribution < -0.4 is 9.64 Å². The van der Waals surface area contributed by atoms with E-state index in [2.05, 4.69) is 53.3 Å². The molecule has 0 N–H and O–H groups in total. The third-order valence-corrected chi connectivity index (χ3v) is 11.5. The van der Waals surface area contributed by atoms with Gasteiger partial charge in [0, 0.05) is 66.4 Å². The molecule has 10 nitrogen and oxygen atoms in total. The lowest BCUT2D eigenvalue weighted by Crippen LogP contribution is -2.62. The minimum absolute atomic E-state index is 0.0589. The SMILES string of the molecule is CC(C)(C)OC(=O)N1CC2(CCN(c3nc(OC4CCN(CCS(C)(=O)=O)CC4)nc4c(F)c(Br)c(I)cc34)CC2)C1. The van der Waals surface area contributed by atoms with Gasteiger partial charge in [-0.2, -0.15) is 9.97 Å². The second-order valence-corrected chi connectivity index (χ2v) is 17.0. The topological polar surface area (TPSA) is 105 Å². The molecule has 1 aromatic heterocycles. The summed E-state index contributed by atoms with van der Waals surface area (Å²) in [6, 6.07) is 2.06. The highest BCUT2D eigenvalue weighted by Crippen LogP contribution is 2.43. The van der Waals surface area contributed by atoms with Gasteiger partial charge in [0.2, 0.25) is 0 Å².